The van der Waals surface area contributed by atoms with Crippen molar-refractivity contribution in [3.63, 3.8) is 0 Å². The fourth-order valence-corrected chi connectivity index (χ4v) is 2.70. The summed E-state index contributed by atoms with van der Waals surface area (Å²) in [4.78, 5) is 20.1. The SMILES string of the molecule is Cc1cc(N2CCC(N(C)C)C2)c(C(=O)O)c(C)n1. The van der Waals surface area contributed by atoms with E-state index < -0.39 is 5.97 Å². The Morgan fingerprint density at radius 1 is 1.47 bits per heavy atom. The van der Waals surface area contributed by atoms with E-state index in [1.807, 2.05) is 13.0 Å². The van der Waals surface area contributed by atoms with Crippen molar-refractivity contribution in [3.8, 4) is 0 Å². The Kier molecular flexibility index (Phi) is 3.75. The highest BCUT2D eigenvalue weighted by atomic mass is 16.4. The molecule has 2 rings (SSSR count). The number of carbonyl (C=O) groups is 1. The van der Waals surface area contributed by atoms with Gasteiger partial charge in [-0.15, -0.1) is 0 Å². The molecule has 1 aromatic rings. The number of aromatic carboxylic acids is 1. The van der Waals surface area contributed by atoms with Crippen LogP contribution in [0.25, 0.3) is 0 Å². The highest BCUT2D eigenvalue weighted by molar-refractivity contribution is 5.95. The summed E-state index contributed by atoms with van der Waals surface area (Å²) in [6.45, 7) is 5.43. The standard InChI is InChI=1S/C14H21N3O2/c1-9-7-12(13(14(18)19)10(2)15-9)17-6-5-11(8-17)16(3)4/h7,11H,5-6,8H2,1-4H3,(H,18,19). The molecule has 104 valence electrons. The molecule has 1 saturated heterocycles. The van der Waals surface area contributed by atoms with E-state index in [4.69, 9.17) is 0 Å². The van der Waals surface area contributed by atoms with Crippen LogP contribution in [-0.2, 0) is 0 Å². The Labute approximate surface area is 113 Å². The van der Waals surface area contributed by atoms with Crippen LogP contribution in [0.2, 0.25) is 0 Å². The molecule has 5 nitrogen and oxygen atoms in total. The van der Waals surface area contributed by atoms with Gasteiger partial charge in [0, 0.05) is 24.8 Å². The third-order valence-electron chi connectivity index (χ3n) is 3.76. The fourth-order valence-electron chi connectivity index (χ4n) is 2.70. The molecule has 0 radical (unpaired) electrons. The number of carboxylic acids is 1. The maximum atomic E-state index is 11.4. The summed E-state index contributed by atoms with van der Waals surface area (Å²) >= 11 is 0. The van der Waals surface area contributed by atoms with E-state index in [1.165, 1.54) is 0 Å². The molecule has 2 heterocycles. The zero-order valence-corrected chi connectivity index (χ0v) is 12.0. The number of rotatable bonds is 3. The van der Waals surface area contributed by atoms with Crippen LogP contribution in [0.3, 0.4) is 0 Å². The van der Waals surface area contributed by atoms with Gasteiger partial charge in [0.05, 0.1) is 11.4 Å². The molecule has 0 bridgehead atoms. The third-order valence-corrected chi connectivity index (χ3v) is 3.76. The van der Waals surface area contributed by atoms with Gasteiger partial charge in [0.25, 0.3) is 0 Å². The van der Waals surface area contributed by atoms with Crippen molar-refractivity contribution in [2.24, 2.45) is 0 Å². The summed E-state index contributed by atoms with van der Waals surface area (Å²) in [7, 11) is 4.13. The maximum Gasteiger partial charge on any atom is 0.339 e. The second-order valence-electron chi connectivity index (χ2n) is 5.40. The summed E-state index contributed by atoms with van der Waals surface area (Å²) in [5, 5.41) is 9.40. The number of hydrogen-bond donors (Lipinski definition) is 1. The van der Waals surface area contributed by atoms with Crippen LogP contribution < -0.4 is 4.90 Å². The van der Waals surface area contributed by atoms with Crippen molar-refractivity contribution in [1.29, 1.82) is 0 Å². The molecule has 1 aliphatic heterocycles. The summed E-state index contributed by atoms with van der Waals surface area (Å²) < 4.78 is 0. The molecular weight excluding hydrogens is 242 g/mol. The topological polar surface area (TPSA) is 56.7 Å². The predicted molar refractivity (Wildman–Crippen MR) is 75.0 cm³/mol. The molecule has 1 fully saturated rings. The zero-order valence-electron chi connectivity index (χ0n) is 12.0. The van der Waals surface area contributed by atoms with Gasteiger partial charge in [-0.3, -0.25) is 4.98 Å². The quantitative estimate of drug-likeness (QED) is 0.896. The molecule has 0 saturated carbocycles. The predicted octanol–water partition coefficient (Wildman–Crippen LogP) is 1.54. The minimum atomic E-state index is -0.895. The molecule has 5 heteroatoms. The lowest BCUT2D eigenvalue weighted by Gasteiger charge is -2.24. The number of anilines is 1. The first-order chi connectivity index (χ1) is 8.90. The van der Waals surface area contributed by atoms with Gasteiger partial charge >= 0.3 is 5.97 Å². The minimum absolute atomic E-state index is 0.338. The van der Waals surface area contributed by atoms with Crippen molar-refractivity contribution in [2.45, 2.75) is 26.3 Å². The van der Waals surface area contributed by atoms with Gasteiger partial charge < -0.3 is 14.9 Å². The second-order valence-corrected chi connectivity index (χ2v) is 5.40. The minimum Gasteiger partial charge on any atom is -0.478 e. The van der Waals surface area contributed by atoms with Gasteiger partial charge in [-0.25, -0.2) is 4.79 Å². The lowest BCUT2D eigenvalue weighted by Crippen LogP contribution is -2.32. The van der Waals surface area contributed by atoms with Crippen LogP contribution in [0.15, 0.2) is 6.07 Å². The zero-order chi connectivity index (χ0) is 14.2. The first-order valence-electron chi connectivity index (χ1n) is 6.53. The first kappa shape index (κ1) is 13.8. The number of nitrogens with zero attached hydrogens (tertiary/aromatic N) is 3. The number of hydrogen-bond acceptors (Lipinski definition) is 4. The van der Waals surface area contributed by atoms with Crippen LogP contribution in [0.4, 0.5) is 5.69 Å². The van der Waals surface area contributed by atoms with Crippen LogP contribution >= 0.6 is 0 Å². The monoisotopic (exact) mass is 263 g/mol. The molecule has 1 aromatic heterocycles. The molecule has 1 unspecified atom stereocenters. The average molecular weight is 263 g/mol. The number of aryl methyl sites for hydroxylation is 2. The third kappa shape index (κ3) is 2.71. The Morgan fingerprint density at radius 3 is 2.68 bits per heavy atom. The van der Waals surface area contributed by atoms with E-state index in [2.05, 4.69) is 28.9 Å². The number of aromatic nitrogens is 1. The van der Waals surface area contributed by atoms with Crippen molar-refractivity contribution in [2.75, 3.05) is 32.1 Å². The molecule has 1 N–H and O–H groups in total. The Hall–Kier alpha value is -1.62. The summed E-state index contributed by atoms with van der Waals surface area (Å²) in [6.07, 6.45) is 1.06. The average Bonchev–Trinajstić information content (AvgIpc) is 2.76. The Morgan fingerprint density at radius 2 is 2.16 bits per heavy atom. The largest absolute Gasteiger partial charge is 0.478 e. The molecular formula is C14H21N3O2. The normalized spacial score (nSPS) is 19.2. The summed E-state index contributed by atoms with van der Waals surface area (Å²) in [6, 6.07) is 2.37. The molecule has 0 spiro atoms. The first-order valence-corrected chi connectivity index (χ1v) is 6.53. The Bertz CT molecular complexity index is 500. The van der Waals surface area contributed by atoms with Gasteiger partial charge in [-0.1, -0.05) is 0 Å². The van der Waals surface area contributed by atoms with Gasteiger partial charge in [0.15, 0.2) is 0 Å². The van der Waals surface area contributed by atoms with Crippen molar-refractivity contribution in [3.05, 3.63) is 23.0 Å². The van der Waals surface area contributed by atoms with Crippen molar-refractivity contribution in [1.82, 2.24) is 9.88 Å². The van der Waals surface area contributed by atoms with E-state index in [-0.39, 0.29) is 0 Å². The van der Waals surface area contributed by atoms with Gasteiger partial charge in [-0.2, -0.15) is 0 Å². The van der Waals surface area contributed by atoms with Crippen LogP contribution in [-0.4, -0.2) is 54.2 Å². The van der Waals surface area contributed by atoms with E-state index in [9.17, 15) is 9.90 Å². The Balaban J connectivity index is 2.37. The molecule has 0 aromatic carbocycles. The van der Waals surface area contributed by atoms with Crippen LogP contribution in [0.1, 0.15) is 28.2 Å². The lowest BCUT2D eigenvalue weighted by atomic mass is 10.1. The highest BCUT2D eigenvalue weighted by Gasteiger charge is 2.28. The van der Waals surface area contributed by atoms with Gasteiger partial charge in [-0.05, 0) is 40.4 Å². The van der Waals surface area contributed by atoms with E-state index in [0.717, 1.165) is 30.9 Å². The number of carboxylic acid groups (broad SMARTS) is 1. The second kappa shape index (κ2) is 5.17. The molecule has 0 amide bonds. The molecule has 1 atom stereocenters. The van der Waals surface area contributed by atoms with Crippen LogP contribution in [0, 0.1) is 13.8 Å². The smallest absolute Gasteiger partial charge is 0.339 e. The number of likely N-dealkylation sites (N-methyl/N-ethyl adjacent to an activating group) is 1. The van der Waals surface area contributed by atoms with Gasteiger partial charge in [0.2, 0.25) is 0 Å². The molecule has 19 heavy (non-hydrogen) atoms. The summed E-state index contributed by atoms with van der Waals surface area (Å²) in [5.74, 6) is -0.895. The summed E-state index contributed by atoms with van der Waals surface area (Å²) in [5.41, 5.74) is 2.61. The highest BCUT2D eigenvalue weighted by Crippen LogP contribution is 2.28. The lowest BCUT2D eigenvalue weighted by molar-refractivity contribution is 0.0696. The van der Waals surface area contributed by atoms with Crippen molar-refractivity contribution >= 4 is 11.7 Å². The van der Waals surface area contributed by atoms with Crippen molar-refractivity contribution < 1.29 is 9.90 Å². The number of pyridine rings is 1. The van der Waals surface area contributed by atoms with E-state index in [1.54, 1.807) is 6.92 Å². The van der Waals surface area contributed by atoms with E-state index in [0.29, 0.717) is 17.3 Å². The maximum absolute atomic E-state index is 11.4. The van der Waals surface area contributed by atoms with Crippen LogP contribution in [0.5, 0.6) is 0 Å². The fraction of sp³-hybridized carbons (Fsp3) is 0.571. The molecule has 1 aliphatic rings. The van der Waals surface area contributed by atoms with Gasteiger partial charge in [0.1, 0.15) is 5.56 Å². The molecule has 0 aliphatic carbocycles. The van der Waals surface area contributed by atoms with E-state index >= 15 is 0 Å².